The lowest BCUT2D eigenvalue weighted by Crippen LogP contribution is -2.44. The van der Waals surface area contributed by atoms with Crippen LogP contribution in [-0.2, 0) is 18.4 Å². The van der Waals surface area contributed by atoms with Crippen molar-refractivity contribution in [1.82, 2.24) is 9.13 Å². The van der Waals surface area contributed by atoms with E-state index >= 15 is 0 Å². The van der Waals surface area contributed by atoms with Gasteiger partial charge in [0.25, 0.3) is 5.56 Å². The van der Waals surface area contributed by atoms with Gasteiger partial charge in [0.05, 0.1) is 5.69 Å². The van der Waals surface area contributed by atoms with Crippen molar-refractivity contribution >= 4 is 23.1 Å². The van der Waals surface area contributed by atoms with Crippen molar-refractivity contribution in [3.63, 3.8) is 0 Å². The van der Waals surface area contributed by atoms with Crippen LogP contribution >= 0.6 is 0 Å². The van der Waals surface area contributed by atoms with E-state index in [2.05, 4.69) is 5.32 Å². The Bertz CT molecular complexity index is 949. The predicted octanol–water partition coefficient (Wildman–Crippen LogP) is 0.112. The number of nitrogen functional groups attached to an aromatic ring is 1. The number of nitrogens with one attached hydrogen (secondary N) is 1. The Morgan fingerprint density at radius 2 is 1.92 bits per heavy atom. The molecule has 25 heavy (non-hydrogen) atoms. The Labute approximate surface area is 141 Å². The fourth-order valence-corrected chi connectivity index (χ4v) is 2.25. The molecule has 2 aromatic rings. The van der Waals surface area contributed by atoms with Gasteiger partial charge in [-0.15, -0.1) is 0 Å². The van der Waals surface area contributed by atoms with Gasteiger partial charge in [-0.1, -0.05) is 0 Å². The van der Waals surface area contributed by atoms with Gasteiger partial charge in [-0.25, -0.2) is 18.1 Å². The highest BCUT2D eigenvalue weighted by molar-refractivity contribution is 5.90. The van der Waals surface area contributed by atoms with Gasteiger partial charge in [-0.2, -0.15) is 0 Å². The molecule has 0 atom stereocenters. The number of nitrogens with zero attached hydrogens (tertiary/aromatic N) is 3. The summed E-state index contributed by atoms with van der Waals surface area (Å²) in [7, 11) is 4.49. The maximum Gasteiger partial charge on any atom is 0.332 e. The minimum Gasteiger partial charge on any atom is -0.383 e. The fraction of sp³-hybridized carbons (Fsp3) is 0.267. The molecule has 10 heteroatoms. The quantitative estimate of drug-likeness (QED) is 0.812. The van der Waals surface area contributed by atoms with Gasteiger partial charge in [0.1, 0.15) is 29.7 Å². The number of carbonyl (C=O) groups excluding carboxylic acids is 1. The van der Waals surface area contributed by atoms with Gasteiger partial charge in [-0.3, -0.25) is 14.2 Å². The van der Waals surface area contributed by atoms with Crippen LogP contribution in [0.5, 0.6) is 0 Å². The lowest BCUT2D eigenvalue weighted by molar-refractivity contribution is -0.116. The van der Waals surface area contributed by atoms with Crippen molar-refractivity contribution in [3.05, 3.63) is 50.7 Å². The van der Waals surface area contributed by atoms with Gasteiger partial charge in [0, 0.05) is 27.2 Å². The Kier molecular flexibility index (Phi) is 4.91. The van der Waals surface area contributed by atoms with Crippen molar-refractivity contribution in [3.8, 4) is 0 Å². The summed E-state index contributed by atoms with van der Waals surface area (Å²) in [6.45, 7) is -0.649. The van der Waals surface area contributed by atoms with Crippen LogP contribution < -0.4 is 27.2 Å². The Balaban J connectivity index is 2.38. The van der Waals surface area contributed by atoms with Crippen LogP contribution in [0.15, 0.2) is 27.8 Å². The van der Waals surface area contributed by atoms with Crippen LogP contribution in [0.4, 0.5) is 26.0 Å². The largest absolute Gasteiger partial charge is 0.383 e. The number of hydrogen-bond acceptors (Lipinski definition) is 5. The van der Waals surface area contributed by atoms with E-state index in [1.807, 2.05) is 0 Å². The van der Waals surface area contributed by atoms with E-state index in [1.165, 1.54) is 11.9 Å². The highest BCUT2D eigenvalue weighted by Gasteiger charge is 2.19. The van der Waals surface area contributed by atoms with E-state index in [1.54, 1.807) is 14.1 Å². The zero-order valence-electron chi connectivity index (χ0n) is 13.8. The highest BCUT2D eigenvalue weighted by Crippen LogP contribution is 2.15. The lowest BCUT2D eigenvalue weighted by Gasteiger charge is -2.18. The SMILES string of the molecule is CN(C)c1c(N)n(C)c(=O)n(CC(=O)Nc2ccc(F)cc2F)c1=O. The van der Waals surface area contributed by atoms with Crippen molar-refractivity contribution in [2.24, 2.45) is 7.05 Å². The van der Waals surface area contributed by atoms with E-state index in [9.17, 15) is 23.2 Å². The van der Waals surface area contributed by atoms with Crippen LogP contribution in [0, 0.1) is 11.6 Å². The van der Waals surface area contributed by atoms with Crippen LogP contribution in [0.2, 0.25) is 0 Å². The summed E-state index contributed by atoms with van der Waals surface area (Å²) < 4.78 is 28.2. The summed E-state index contributed by atoms with van der Waals surface area (Å²) >= 11 is 0. The van der Waals surface area contributed by atoms with E-state index in [0.29, 0.717) is 10.6 Å². The van der Waals surface area contributed by atoms with Crippen molar-refractivity contribution in [2.45, 2.75) is 6.54 Å². The summed E-state index contributed by atoms with van der Waals surface area (Å²) in [6, 6.07) is 2.61. The molecule has 0 unspecified atom stereocenters. The molecule has 2 rings (SSSR count). The Morgan fingerprint density at radius 3 is 2.48 bits per heavy atom. The Morgan fingerprint density at radius 1 is 1.28 bits per heavy atom. The fourth-order valence-electron chi connectivity index (χ4n) is 2.25. The second-order valence-electron chi connectivity index (χ2n) is 5.53. The smallest absolute Gasteiger partial charge is 0.332 e. The third kappa shape index (κ3) is 3.52. The minimum absolute atomic E-state index is 0.0405. The number of halogens is 2. The zero-order valence-corrected chi connectivity index (χ0v) is 13.8. The van der Waals surface area contributed by atoms with Crippen LogP contribution in [-0.4, -0.2) is 29.1 Å². The monoisotopic (exact) mass is 353 g/mol. The first-order chi connectivity index (χ1) is 11.6. The van der Waals surface area contributed by atoms with Gasteiger partial charge in [0.15, 0.2) is 0 Å². The van der Waals surface area contributed by atoms with Crippen molar-refractivity contribution < 1.29 is 13.6 Å². The second kappa shape index (κ2) is 6.75. The molecule has 1 heterocycles. The normalized spacial score (nSPS) is 10.6. The maximum absolute atomic E-state index is 13.6. The average Bonchev–Trinajstić information content (AvgIpc) is 2.52. The van der Waals surface area contributed by atoms with Crippen LogP contribution in [0.25, 0.3) is 0 Å². The van der Waals surface area contributed by atoms with Crippen molar-refractivity contribution in [2.75, 3.05) is 30.0 Å². The standard InChI is InChI=1S/C15H17F2N5O3/c1-20(2)12-13(18)21(3)15(25)22(14(12)24)7-11(23)19-10-5-4-8(16)6-9(10)17/h4-6H,7,18H2,1-3H3,(H,19,23). The van der Waals surface area contributed by atoms with Crippen LogP contribution in [0.3, 0.4) is 0 Å². The van der Waals surface area contributed by atoms with Gasteiger partial charge in [-0.05, 0) is 12.1 Å². The molecule has 3 N–H and O–H groups in total. The number of benzene rings is 1. The number of carbonyl (C=O) groups is 1. The molecule has 0 saturated heterocycles. The molecule has 1 aromatic heterocycles. The topological polar surface area (TPSA) is 102 Å². The van der Waals surface area contributed by atoms with Gasteiger partial charge >= 0.3 is 5.69 Å². The first-order valence-electron chi connectivity index (χ1n) is 7.15. The third-order valence-corrected chi connectivity index (χ3v) is 3.52. The van der Waals surface area contributed by atoms with Gasteiger partial charge in [0.2, 0.25) is 5.91 Å². The number of rotatable bonds is 4. The molecule has 0 aliphatic heterocycles. The molecule has 0 bridgehead atoms. The highest BCUT2D eigenvalue weighted by atomic mass is 19.1. The molecule has 0 aliphatic rings. The number of aromatic nitrogens is 2. The summed E-state index contributed by atoms with van der Waals surface area (Å²) in [5.41, 5.74) is 4.01. The molecule has 8 nitrogen and oxygen atoms in total. The molecule has 0 spiro atoms. The molecule has 0 radical (unpaired) electrons. The molecular formula is C15H17F2N5O3. The average molecular weight is 353 g/mol. The first-order valence-corrected chi connectivity index (χ1v) is 7.15. The third-order valence-electron chi connectivity index (χ3n) is 3.52. The summed E-state index contributed by atoms with van der Waals surface area (Å²) in [5, 5.41) is 2.19. The number of hydrogen-bond donors (Lipinski definition) is 2. The number of amides is 1. The second-order valence-corrected chi connectivity index (χ2v) is 5.53. The maximum atomic E-state index is 13.6. The molecule has 1 aromatic carbocycles. The molecule has 0 aliphatic carbocycles. The van der Waals surface area contributed by atoms with Gasteiger partial charge < -0.3 is 16.0 Å². The summed E-state index contributed by atoms with van der Waals surface area (Å²) in [5.74, 6) is -2.63. The number of nitrogens with two attached hydrogens (primary N) is 1. The predicted molar refractivity (Wildman–Crippen MR) is 89.7 cm³/mol. The molecule has 0 fully saturated rings. The van der Waals surface area contributed by atoms with Crippen LogP contribution in [0.1, 0.15) is 0 Å². The summed E-state index contributed by atoms with van der Waals surface area (Å²) in [6.07, 6.45) is 0. The van der Waals surface area contributed by atoms with E-state index in [-0.39, 0.29) is 17.2 Å². The first kappa shape index (κ1) is 18.2. The number of anilines is 3. The molecule has 1 amide bonds. The molecule has 134 valence electrons. The lowest BCUT2D eigenvalue weighted by atomic mass is 10.3. The molecule has 0 saturated carbocycles. The minimum atomic E-state index is -0.972. The van der Waals surface area contributed by atoms with E-state index in [0.717, 1.165) is 16.7 Å². The Hall–Kier alpha value is -3.17. The summed E-state index contributed by atoms with van der Waals surface area (Å²) in [4.78, 5) is 38.1. The van der Waals surface area contributed by atoms with E-state index < -0.39 is 35.3 Å². The zero-order chi connectivity index (χ0) is 18.9. The van der Waals surface area contributed by atoms with Crippen molar-refractivity contribution in [1.29, 1.82) is 0 Å². The van der Waals surface area contributed by atoms with E-state index in [4.69, 9.17) is 5.73 Å². The molecular weight excluding hydrogens is 336 g/mol.